The van der Waals surface area contributed by atoms with Gasteiger partial charge in [-0.3, -0.25) is 4.79 Å². The van der Waals surface area contributed by atoms with Crippen LogP contribution in [0.5, 0.6) is 0 Å². The van der Waals surface area contributed by atoms with Crippen LogP contribution in [0.25, 0.3) is 0 Å². The number of anilines is 2. The normalized spacial score (nSPS) is 17.0. The molecule has 0 unspecified atom stereocenters. The van der Waals surface area contributed by atoms with Gasteiger partial charge in [0.25, 0.3) is 0 Å². The Kier molecular flexibility index (Phi) is 6.43. The maximum Gasteiger partial charge on any atom is 0.303 e. The second-order valence-corrected chi connectivity index (χ2v) is 7.07. The molecular formula is C18H29N3O3. The van der Waals surface area contributed by atoms with Crippen LogP contribution in [-0.2, 0) is 9.53 Å². The van der Waals surface area contributed by atoms with Crippen LogP contribution in [0, 0.1) is 5.92 Å². The average molecular weight is 335 g/mol. The van der Waals surface area contributed by atoms with Gasteiger partial charge in [-0.25, -0.2) is 4.98 Å². The number of aliphatic carboxylic acids is 1. The molecule has 1 aromatic rings. The lowest BCUT2D eigenvalue weighted by atomic mass is 9.98. The molecule has 1 aliphatic heterocycles. The lowest BCUT2D eigenvalue weighted by molar-refractivity contribution is -0.137. The number of nitrogen functional groups attached to an aromatic ring is 1. The molecule has 134 valence electrons. The number of carboxylic acids is 1. The molecule has 1 aromatic heterocycles. The van der Waals surface area contributed by atoms with E-state index < -0.39 is 5.97 Å². The van der Waals surface area contributed by atoms with Crippen molar-refractivity contribution in [3.8, 4) is 0 Å². The van der Waals surface area contributed by atoms with E-state index >= 15 is 0 Å². The zero-order valence-corrected chi connectivity index (χ0v) is 14.9. The fourth-order valence-electron chi connectivity index (χ4n) is 3.18. The Bertz CT molecular complexity index is 556. The van der Waals surface area contributed by atoms with Crippen LogP contribution < -0.4 is 10.6 Å². The predicted octanol–water partition coefficient (Wildman–Crippen LogP) is 2.88. The monoisotopic (exact) mass is 335 g/mol. The second kappa shape index (κ2) is 8.33. The molecule has 1 saturated heterocycles. The van der Waals surface area contributed by atoms with Crippen LogP contribution in [0.3, 0.4) is 0 Å². The minimum Gasteiger partial charge on any atom is -0.481 e. The van der Waals surface area contributed by atoms with Crippen LogP contribution in [0.2, 0.25) is 0 Å². The van der Waals surface area contributed by atoms with Crippen molar-refractivity contribution in [1.29, 1.82) is 0 Å². The Hall–Kier alpha value is -1.82. The van der Waals surface area contributed by atoms with Gasteiger partial charge in [-0.05, 0) is 36.3 Å². The maximum absolute atomic E-state index is 10.9. The van der Waals surface area contributed by atoms with Crippen LogP contribution in [0.4, 0.5) is 11.5 Å². The number of nitrogens with two attached hydrogens (primary N) is 1. The van der Waals surface area contributed by atoms with Crippen molar-refractivity contribution in [2.75, 3.05) is 30.4 Å². The van der Waals surface area contributed by atoms with Crippen LogP contribution in [0.15, 0.2) is 12.3 Å². The summed E-state index contributed by atoms with van der Waals surface area (Å²) in [6.07, 6.45) is 3.80. The van der Waals surface area contributed by atoms with E-state index in [2.05, 4.69) is 23.7 Å². The van der Waals surface area contributed by atoms with Gasteiger partial charge < -0.3 is 20.5 Å². The maximum atomic E-state index is 10.9. The molecule has 0 aliphatic carbocycles. The van der Waals surface area contributed by atoms with Crippen molar-refractivity contribution >= 4 is 17.5 Å². The summed E-state index contributed by atoms with van der Waals surface area (Å²) < 4.78 is 5.47. The van der Waals surface area contributed by atoms with Crippen molar-refractivity contribution in [3.05, 3.63) is 17.8 Å². The smallest absolute Gasteiger partial charge is 0.303 e. The lowest BCUT2D eigenvalue weighted by Crippen LogP contribution is -2.42. The highest BCUT2D eigenvalue weighted by atomic mass is 16.5. The highest BCUT2D eigenvalue weighted by Crippen LogP contribution is 2.30. The highest BCUT2D eigenvalue weighted by Gasteiger charge is 2.25. The lowest BCUT2D eigenvalue weighted by Gasteiger charge is -2.37. The topological polar surface area (TPSA) is 88.7 Å². The van der Waals surface area contributed by atoms with Gasteiger partial charge in [-0.2, -0.15) is 0 Å². The number of aromatic nitrogens is 1. The van der Waals surface area contributed by atoms with E-state index in [0.29, 0.717) is 17.6 Å². The number of rotatable bonds is 7. The number of nitrogens with zero attached hydrogens (tertiary/aromatic N) is 2. The largest absolute Gasteiger partial charge is 0.481 e. The first-order chi connectivity index (χ1) is 11.4. The quantitative estimate of drug-likeness (QED) is 0.796. The predicted molar refractivity (Wildman–Crippen MR) is 95.3 cm³/mol. The van der Waals surface area contributed by atoms with Gasteiger partial charge in [0.2, 0.25) is 0 Å². The number of hydrogen-bond donors (Lipinski definition) is 2. The van der Waals surface area contributed by atoms with Gasteiger partial charge in [0, 0.05) is 32.0 Å². The summed E-state index contributed by atoms with van der Waals surface area (Å²) in [4.78, 5) is 17.8. The molecule has 1 aliphatic rings. The molecule has 6 nitrogen and oxygen atoms in total. The third kappa shape index (κ3) is 4.84. The Morgan fingerprint density at radius 3 is 2.62 bits per heavy atom. The van der Waals surface area contributed by atoms with Gasteiger partial charge >= 0.3 is 5.97 Å². The van der Waals surface area contributed by atoms with Gasteiger partial charge in [0.1, 0.15) is 0 Å². The zero-order chi connectivity index (χ0) is 17.7. The molecule has 1 fully saturated rings. The Morgan fingerprint density at radius 2 is 2.08 bits per heavy atom. The van der Waals surface area contributed by atoms with Crippen LogP contribution in [-0.4, -0.2) is 41.9 Å². The van der Waals surface area contributed by atoms with E-state index in [9.17, 15) is 4.79 Å². The molecular weight excluding hydrogens is 306 g/mol. The summed E-state index contributed by atoms with van der Waals surface area (Å²) in [5.41, 5.74) is 7.78. The molecule has 0 saturated carbocycles. The number of pyridine rings is 1. The SMILES string of the molecule is CC(C)CN(c1ncc([C@H](C)CC(=O)O)cc1N)C1CCOCC1. The van der Waals surface area contributed by atoms with E-state index in [-0.39, 0.29) is 12.3 Å². The summed E-state index contributed by atoms with van der Waals surface area (Å²) in [5, 5.41) is 8.95. The molecule has 0 aromatic carbocycles. The molecule has 2 heterocycles. The van der Waals surface area contributed by atoms with E-state index in [1.54, 1.807) is 6.20 Å². The molecule has 2 rings (SSSR count). The summed E-state index contributed by atoms with van der Waals surface area (Å²) >= 11 is 0. The summed E-state index contributed by atoms with van der Waals surface area (Å²) in [6, 6.07) is 2.26. The van der Waals surface area contributed by atoms with Crippen molar-refractivity contribution in [2.24, 2.45) is 5.92 Å². The van der Waals surface area contributed by atoms with E-state index in [0.717, 1.165) is 44.0 Å². The second-order valence-electron chi connectivity index (χ2n) is 7.07. The van der Waals surface area contributed by atoms with Gasteiger partial charge in [0.05, 0.1) is 12.1 Å². The Labute approximate surface area is 144 Å². The Balaban J connectivity index is 2.24. The minimum absolute atomic E-state index is 0.0795. The molecule has 1 atom stereocenters. The zero-order valence-electron chi connectivity index (χ0n) is 14.9. The standard InChI is InChI=1S/C18H29N3O3/c1-12(2)11-21(15-4-6-24-7-5-15)18-16(19)9-14(10-20-18)13(3)8-17(22)23/h9-10,12-13,15H,4-8,11,19H2,1-3H3,(H,22,23)/t13-/m1/s1. The van der Waals surface area contributed by atoms with Gasteiger partial charge in [-0.1, -0.05) is 20.8 Å². The summed E-state index contributed by atoms with van der Waals surface area (Å²) in [7, 11) is 0. The number of ether oxygens (including phenoxy) is 1. The molecule has 3 N–H and O–H groups in total. The summed E-state index contributed by atoms with van der Waals surface area (Å²) in [6.45, 7) is 8.69. The fourth-order valence-corrected chi connectivity index (χ4v) is 3.18. The molecule has 0 radical (unpaired) electrons. The third-order valence-corrected chi connectivity index (χ3v) is 4.43. The molecule has 6 heteroatoms. The number of carboxylic acid groups (broad SMARTS) is 1. The van der Waals surface area contributed by atoms with E-state index in [1.165, 1.54) is 0 Å². The van der Waals surface area contributed by atoms with Gasteiger partial charge in [-0.15, -0.1) is 0 Å². The molecule has 0 amide bonds. The van der Waals surface area contributed by atoms with Crippen molar-refractivity contribution in [3.63, 3.8) is 0 Å². The average Bonchev–Trinajstić information content (AvgIpc) is 2.53. The first kappa shape index (κ1) is 18.5. The van der Waals surface area contributed by atoms with Crippen molar-refractivity contribution < 1.29 is 14.6 Å². The van der Waals surface area contributed by atoms with Crippen LogP contribution in [0.1, 0.15) is 51.5 Å². The molecule has 0 spiro atoms. The van der Waals surface area contributed by atoms with Gasteiger partial charge in [0.15, 0.2) is 5.82 Å². The van der Waals surface area contributed by atoms with Crippen molar-refractivity contribution in [2.45, 2.75) is 52.0 Å². The third-order valence-electron chi connectivity index (χ3n) is 4.43. The van der Waals surface area contributed by atoms with E-state index in [1.807, 2.05) is 13.0 Å². The minimum atomic E-state index is -0.811. The van der Waals surface area contributed by atoms with E-state index in [4.69, 9.17) is 15.6 Å². The van der Waals surface area contributed by atoms with Crippen molar-refractivity contribution in [1.82, 2.24) is 4.98 Å². The van der Waals surface area contributed by atoms with Crippen LogP contribution >= 0.6 is 0 Å². The fraction of sp³-hybridized carbons (Fsp3) is 0.667. The highest BCUT2D eigenvalue weighted by molar-refractivity contribution is 5.69. The number of hydrogen-bond acceptors (Lipinski definition) is 5. The molecule has 24 heavy (non-hydrogen) atoms. The number of carbonyl (C=O) groups is 1. The first-order valence-electron chi connectivity index (χ1n) is 8.70. The molecule has 0 bridgehead atoms. The summed E-state index contributed by atoms with van der Waals surface area (Å²) in [5.74, 6) is 0.392. The first-order valence-corrected chi connectivity index (χ1v) is 8.70. The Morgan fingerprint density at radius 1 is 1.42 bits per heavy atom.